The Labute approximate surface area is 151 Å². The molecule has 0 unspecified atom stereocenters. The molecule has 0 aromatic heterocycles. The number of carbonyl (C=O) groups is 1. The van der Waals surface area contributed by atoms with Gasteiger partial charge >= 0.3 is 0 Å². The quantitative estimate of drug-likeness (QED) is 0.643. The number of hydrogen-bond donors (Lipinski definition) is 2. The molecular weight excluding hydrogens is 332 g/mol. The second-order valence-corrected chi connectivity index (χ2v) is 5.89. The van der Waals surface area contributed by atoms with E-state index in [0.717, 1.165) is 16.7 Å². The minimum atomic E-state index is -0.312. The van der Waals surface area contributed by atoms with Crippen LogP contribution in [0.3, 0.4) is 0 Å². The lowest BCUT2D eigenvalue weighted by atomic mass is 10.0. The van der Waals surface area contributed by atoms with Gasteiger partial charge in [0.1, 0.15) is 0 Å². The smallest absolute Gasteiger partial charge is 0.271 e. The van der Waals surface area contributed by atoms with Crippen molar-refractivity contribution in [3.8, 4) is 11.1 Å². The Morgan fingerprint density at radius 3 is 2.04 bits per heavy atom. The molecule has 0 saturated heterocycles. The lowest BCUT2D eigenvalue weighted by Crippen LogP contribution is -2.35. The van der Waals surface area contributed by atoms with Crippen LogP contribution in [0.1, 0.15) is 15.9 Å². The van der Waals surface area contributed by atoms with E-state index in [2.05, 4.69) is 29.6 Å². The minimum absolute atomic E-state index is 0.312. The zero-order valence-electron chi connectivity index (χ0n) is 13.5. The fourth-order valence-electron chi connectivity index (χ4n) is 2.41. The summed E-state index contributed by atoms with van der Waals surface area (Å²) in [6.45, 7) is 3.96. The van der Waals surface area contributed by atoms with Crippen molar-refractivity contribution < 1.29 is 4.79 Å². The summed E-state index contributed by atoms with van der Waals surface area (Å²) in [5, 5.41) is 0.402. The summed E-state index contributed by atoms with van der Waals surface area (Å²) in [6, 6.07) is 25.0. The van der Waals surface area contributed by atoms with Gasteiger partial charge in [-0.3, -0.25) is 15.6 Å². The van der Waals surface area contributed by atoms with Gasteiger partial charge in [0.2, 0.25) is 0 Å². The standard InChI is InChI=1S/C21H17ClN2O/c1-15(23-24-21(25)19-9-5-6-10-20(19)22)16-11-13-18(14-12-16)17-7-3-2-4-8-17/h2-14,23H,1H2,(H,24,25). The topological polar surface area (TPSA) is 41.1 Å². The summed E-state index contributed by atoms with van der Waals surface area (Å²) in [7, 11) is 0. The SMILES string of the molecule is C=C(NNC(=O)c1ccccc1Cl)c1ccc(-c2ccccc2)cc1. The minimum Gasteiger partial charge on any atom is -0.298 e. The van der Waals surface area contributed by atoms with E-state index in [1.54, 1.807) is 24.3 Å². The van der Waals surface area contributed by atoms with Crippen LogP contribution in [-0.4, -0.2) is 5.91 Å². The molecule has 1 amide bonds. The largest absolute Gasteiger partial charge is 0.298 e. The van der Waals surface area contributed by atoms with Gasteiger partial charge in [0, 0.05) is 0 Å². The second-order valence-electron chi connectivity index (χ2n) is 5.48. The molecule has 0 saturated carbocycles. The first-order chi connectivity index (χ1) is 12.1. The summed E-state index contributed by atoms with van der Waals surface area (Å²) < 4.78 is 0. The highest BCUT2D eigenvalue weighted by atomic mass is 35.5. The van der Waals surface area contributed by atoms with E-state index in [-0.39, 0.29) is 5.91 Å². The predicted molar refractivity (Wildman–Crippen MR) is 103 cm³/mol. The van der Waals surface area contributed by atoms with E-state index in [1.807, 2.05) is 42.5 Å². The van der Waals surface area contributed by atoms with Crippen molar-refractivity contribution in [3.63, 3.8) is 0 Å². The van der Waals surface area contributed by atoms with Crippen LogP contribution in [0.15, 0.2) is 85.4 Å². The maximum absolute atomic E-state index is 12.1. The maximum Gasteiger partial charge on any atom is 0.271 e. The van der Waals surface area contributed by atoms with Gasteiger partial charge in [-0.2, -0.15) is 0 Å². The summed E-state index contributed by atoms with van der Waals surface area (Å²) in [4.78, 5) is 12.1. The molecule has 124 valence electrons. The number of halogens is 1. The van der Waals surface area contributed by atoms with Crippen LogP contribution < -0.4 is 10.9 Å². The van der Waals surface area contributed by atoms with Gasteiger partial charge in [0.25, 0.3) is 5.91 Å². The molecule has 0 aliphatic carbocycles. The van der Waals surface area contributed by atoms with Crippen molar-refractivity contribution in [2.24, 2.45) is 0 Å². The van der Waals surface area contributed by atoms with Crippen molar-refractivity contribution in [1.29, 1.82) is 0 Å². The van der Waals surface area contributed by atoms with E-state index in [1.165, 1.54) is 0 Å². The third kappa shape index (κ3) is 4.08. The maximum atomic E-state index is 12.1. The van der Waals surface area contributed by atoms with Gasteiger partial charge in [-0.15, -0.1) is 0 Å². The molecule has 4 heteroatoms. The fraction of sp³-hybridized carbons (Fsp3) is 0. The lowest BCUT2D eigenvalue weighted by Gasteiger charge is -2.12. The van der Waals surface area contributed by atoms with Crippen molar-refractivity contribution >= 4 is 23.2 Å². The average Bonchev–Trinajstić information content (AvgIpc) is 2.67. The van der Waals surface area contributed by atoms with Crippen molar-refractivity contribution in [2.75, 3.05) is 0 Å². The van der Waals surface area contributed by atoms with Crippen molar-refractivity contribution in [3.05, 3.63) is 102 Å². The Bertz CT molecular complexity index is 889. The number of hydrazine groups is 1. The molecule has 0 heterocycles. The number of benzene rings is 3. The first-order valence-electron chi connectivity index (χ1n) is 7.81. The Balaban J connectivity index is 1.64. The van der Waals surface area contributed by atoms with Gasteiger partial charge in [0.05, 0.1) is 16.3 Å². The molecule has 0 spiro atoms. The molecule has 0 atom stereocenters. The molecule has 3 nitrogen and oxygen atoms in total. The van der Waals surface area contributed by atoms with Gasteiger partial charge in [-0.25, -0.2) is 0 Å². The Kier molecular flexibility index (Phi) is 5.17. The zero-order chi connectivity index (χ0) is 17.6. The Morgan fingerprint density at radius 1 is 0.760 bits per heavy atom. The molecule has 3 rings (SSSR count). The fourth-order valence-corrected chi connectivity index (χ4v) is 2.63. The van der Waals surface area contributed by atoms with Crippen molar-refractivity contribution in [2.45, 2.75) is 0 Å². The first kappa shape index (κ1) is 16.8. The predicted octanol–water partition coefficient (Wildman–Crippen LogP) is 4.91. The number of rotatable bonds is 5. The van der Waals surface area contributed by atoms with Crippen LogP contribution >= 0.6 is 11.6 Å². The third-order valence-corrected chi connectivity index (χ3v) is 4.12. The molecule has 3 aromatic rings. The molecule has 0 radical (unpaired) electrons. The van der Waals surface area contributed by atoms with E-state index < -0.39 is 0 Å². The number of amides is 1. The Hall–Kier alpha value is -3.04. The molecular formula is C21H17ClN2O. The zero-order valence-corrected chi connectivity index (χ0v) is 14.3. The number of carbonyl (C=O) groups excluding carboxylic acids is 1. The number of hydrogen-bond acceptors (Lipinski definition) is 2. The van der Waals surface area contributed by atoms with Crippen LogP contribution in [0, 0.1) is 0 Å². The lowest BCUT2D eigenvalue weighted by molar-refractivity contribution is 0.0942. The van der Waals surface area contributed by atoms with E-state index in [0.29, 0.717) is 16.3 Å². The van der Waals surface area contributed by atoms with E-state index in [9.17, 15) is 4.79 Å². The molecule has 3 aromatic carbocycles. The van der Waals surface area contributed by atoms with Gasteiger partial charge < -0.3 is 0 Å². The highest BCUT2D eigenvalue weighted by Gasteiger charge is 2.09. The highest BCUT2D eigenvalue weighted by molar-refractivity contribution is 6.33. The average molecular weight is 349 g/mol. The van der Waals surface area contributed by atoms with E-state index >= 15 is 0 Å². The molecule has 25 heavy (non-hydrogen) atoms. The molecule has 0 aliphatic heterocycles. The number of nitrogens with one attached hydrogen (secondary N) is 2. The van der Waals surface area contributed by atoms with Crippen LogP contribution in [0.5, 0.6) is 0 Å². The monoisotopic (exact) mass is 348 g/mol. The molecule has 0 aliphatic rings. The van der Waals surface area contributed by atoms with Gasteiger partial charge in [-0.05, 0) is 28.8 Å². The van der Waals surface area contributed by atoms with Crippen LogP contribution in [0.25, 0.3) is 16.8 Å². The van der Waals surface area contributed by atoms with Gasteiger partial charge in [0.15, 0.2) is 0 Å². The highest BCUT2D eigenvalue weighted by Crippen LogP contribution is 2.21. The van der Waals surface area contributed by atoms with E-state index in [4.69, 9.17) is 11.6 Å². The van der Waals surface area contributed by atoms with Crippen LogP contribution in [0.2, 0.25) is 5.02 Å². The summed E-state index contributed by atoms with van der Waals surface area (Å²) in [6.07, 6.45) is 0. The van der Waals surface area contributed by atoms with Crippen LogP contribution in [-0.2, 0) is 0 Å². The molecule has 0 fully saturated rings. The van der Waals surface area contributed by atoms with Crippen LogP contribution in [0.4, 0.5) is 0 Å². The third-order valence-electron chi connectivity index (χ3n) is 3.79. The summed E-state index contributed by atoms with van der Waals surface area (Å²) in [5.41, 5.74) is 9.61. The molecule has 0 bridgehead atoms. The normalized spacial score (nSPS) is 10.1. The van der Waals surface area contributed by atoms with Gasteiger partial charge in [-0.1, -0.05) is 84.9 Å². The summed E-state index contributed by atoms with van der Waals surface area (Å²) >= 11 is 6.02. The second kappa shape index (κ2) is 7.69. The van der Waals surface area contributed by atoms with Crippen molar-refractivity contribution in [1.82, 2.24) is 10.9 Å². The molecule has 2 N–H and O–H groups in total. The first-order valence-corrected chi connectivity index (χ1v) is 8.18. The summed E-state index contributed by atoms with van der Waals surface area (Å²) in [5.74, 6) is -0.312. The Morgan fingerprint density at radius 2 is 1.36 bits per heavy atom.